The highest BCUT2D eigenvalue weighted by Crippen LogP contribution is 2.63. The van der Waals surface area contributed by atoms with Crippen LogP contribution < -0.4 is 0 Å². The van der Waals surface area contributed by atoms with E-state index in [0.29, 0.717) is 17.6 Å². The van der Waals surface area contributed by atoms with E-state index in [1.165, 1.54) is 70.6 Å². The molecule has 1 saturated heterocycles. The van der Waals surface area contributed by atoms with Crippen LogP contribution in [0.5, 0.6) is 0 Å². The van der Waals surface area contributed by atoms with Crippen LogP contribution in [0.15, 0.2) is 12.2 Å². The van der Waals surface area contributed by atoms with Crippen molar-refractivity contribution in [3.8, 4) is 0 Å². The summed E-state index contributed by atoms with van der Waals surface area (Å²) in [4.78, 5) is 0. The summed E-state index contributed by atoms with van der Waals surface area (Å²) in [7, 11) is 0. The maximum Gasteiger partial charge on any atom is 0.0646 e. The summed E-state index contributed by atoms with van der Waals surface area (Å²) < 4.78 is 6.74. The van der Waals surface area contributed by atoms with Crippen LogP contribution in [0.4, 0.5) is 0 Å². The zero-order chi connectivity index (χ0) is 13.9. The van der Waals surface area contributed by atoms with Gasteiger partial charge in [-0.25, -0.2) is 0 Å². The van der Waals surface area contributed by atoms with E-state index in [-0.39, 0.29) is 0 Å². The molecule has 5 unspecified atom stereocenters. The quantitative estimate of drug-likeness (QED) is 0.562. The molecule has 0 aromatic heterocycles. The molecule has 4 fully saturated rings. The molecule has 0 amide bonds. The van der Waals surface area contributed by atoms with Gasteiger partial charge in [0.15, 0.2) is 0 Å². The summed E-state index contributed by atoms with van der Waals surface area (Å²) in [5.74, 6) is 3.75. The Bertz CT molecular complexity index is 441. The van der Waals surface area contributed by atoms with E-state index < -0.39 is 0 Å². The van der Waals surface area contributed by atoms with Gasteiger partial charge in [0.1, 0.15) is 0 Å². The lowest BCUT2D eigenvalue weighted by Gasteiger charge is -2.63. The summed E-state index contributed by atoms with van der Waals surface area (Å²) in [6, 6.07) is 0. The summed E-state index contributed by atoms with van der Waals surface area (Å²) in [5, 5.41) is 0. The van der Waals surface area contributed by atoms with E-state index >= 15 is 0 Å². The Morgan fingerprint density at radius 1 is 0.905 bits per heavy atom. The smallest absolute Gasteiger partial charge is 0.0646 e. The van der Waals surface area contributed by atoms with Crippen LogP contribution in [0, 0.1) is 29.1 Å². The van der Waals surface area contributed by atoms with Gasteiger partial charge in [-0.05, 0) is 86.9 Å². The highest BCUT2D eigenvalue weighted by atomic mass is 16.5. The lowest BCUT2D eigenvalue weighted by molar-refractivity contribution is -0.235. The predicted molar refractivity (Wildman–Crippen MR) is 85.0 cm³/mol. The number of rotatable bonds is 0. The normalized spacial score (nSPS) is 55.2. The van der Waals surface area contributed by atoms with Gasteiger partial charge in [0.25, 0.3) is 0 Å². The Kier molecular flexibility index (Phi) is 3.04. The molecule has 0 aromatic rings. The lowest BCUT2D eigenvalue weighted by atomic mass is 9.47. The molecule has 3 saturated carbocycles. The zero-order valence-electron chi connectivity index (χ0n) is 13.3. The van der Waals surface area contributed by atoms with Gasteiger partial charge < -0.3 is 4.74 Å². The predicted octanol–water partition coefficient (Wildman–Crippen LogP) is 5.11. The van der Waals surface area contributed by atoms with Crippen molar-refractivity contribution in [3.05, 3.63) is 12.2 Å². The third kappa shape index (κ3) is 1.85. The van der Waals surface area contributed by atoms with Crippen molar-refractivity contribution in [3.63, 3.8) is 0 Å². The summed E-state index contributed by atoms with van der Waals surface area (Å²) in [5.41, 5.74) is 0.705. The van der Waals surface area contributed by atoms with Gasteiger partial charge in [0.05, 0.1) is 12.2 Å². The molecule has 21 heavy (non-hydrogen) atoms. The Hall–Kier alpha value is -0.300. The standard InChI is InChI=1S/C20H30O/c1-2-7-17-14(5-1)8-11-18-19(17)21-16-10-9-15-6-3-4-12-20(15,18)13-16/h1-2,14-19H,3-13H2/t14?,15?,16?,17?,18?,19-,20+/m1/s1. The first-order chi connectivity index (χ1) is 10.4. The monoisotopic (exact) mass is 286 g/mol. The van der Waals surface area contributed by atoms with Crippen molar-refractivity contribution in [2.24, 2.45) is 29.1 Å². The molecule has 5 aliphatic rings. The lowest BCUT2D eigenvalue weighted by Crippen LogP contribution is -2.60. The third-order valence-electron chi connectivity index (χ3n) is 8.08. The van der Waals surface area contributed by atoms with E-state index in [1.807, 2.05) is 0 Å². The zero-order valence-corrected chi connectivity index (χ0v) is 13.3. The summed E-state index contributed by atoms with van der Waals surface area (Å²) in [6.45, 7) is 0. The Labute approximate surface area is 129 Å². The summed E-state index contributed by atoms with van der Waals surface area (Å²) in [6.07, 6.45) is 22.1. The van der Waals surface area contributed by atoms with E-state index in [4.69, 9.17) is 4.74 Å². The maximum absolute atomic E-state index is 6.74. The molecular weight excluding hydrogens is 256 g/mol. The molecule has 7 atom stereocenters. The van der Waals surface area contributed by atoms with Crippen LogP contribution in [0.3, 0.4) is 0 Å². The van der Waals surface area contributed by atoms with Crippen molar-refractivity contribution < 1.29 is 4.74 Å². The molecule has 0 radical (unpaired) electrons. The highest BCUT2D eigenvalue weighted by Gasteiger charge is 2.59. The average molecular weight is 286 g/mol. The summed E-state index contributed by atoms with van der Waals surface area (Å²) >= 11 is 0. The second-order valence-electron chi connectivity index (χ2n) is 8.73. The molecular formula is C20H30O. The number of hydrogen-bond donors (Lipinski definition) is 0. The first-order valence-corrected chi connectivity index (χ1v) is 9.67. The van der Waals surface area contributed by atoms with Crippen LogP contribution in [0.2, 0.25) is 0 Å². The first-order valence-electron chi connectivity index (χ1n) is 9.67. The van der Waals surface area contributed by atoms with Gasteiger partial charge in [-0.1, -0.05) is 25.0 Å². The Morgan fingerprint density at radius 3 is 2.86 bits per heavy atom. The van der Waals surface area contributed by atoms with Gasteiger partial charge in [-0.15, -0.1) is 0 Å². The van der Waals surface area contributed by atoms with Crippen molar-refractivity contribution in [2.75, 3.05) is 0 Å². The maximum atomic E-state index is 6.74. The van der Waals surface area contributed by atoms with Crippen molar-refractivity contribution in [1.82, 2.24) is 0 Å². The fourth-order valence-corrected chi connectivity index (χ4v) is 7.22. The molecule has 116 valence electrons. The van der Waals surface area contributed by atoms with Crippen molar-refractivity contribution in [2.45, 2.75) is 82.8 Å². The molecule has 2 bridgehead atoms. The van der Waals surface area contributed by atoms with Gasteiger partial charge in [0.2, 0.25) is 0 Å². The SMILES string of the molecule is C1=CCC2C(C1)CCC1[C@@H]2OC2CCC3CCCC[C@]31C2. The van der Waals surface area contributed by atoms with Gasteiger partial charge in [-0.3, -0.25) is 0 Å². The minimum Gasteiger partial charge on any atom is -0.374 e. The van der Waals surface area contributed by atoms with Crippen molar-refractivity contribution >= 4 is 0 Å². The third-order valence-corrected chi connectivity index (χ3v) is 8.08. The molecule has 1 spiro atoms. The molecule has 1 heterocycles. The number of fused-ring (bicyclic) bond motifs is 4. The Balaban J connectivity index is 1.51. The van der Waals surface area contributed by atoms with Crippen LogP contribution >= 0.6 is 0 Å². The molecule has 0 aromatic carbocycles. The molecule has 1 heteroatoms. The van der Waals surface area contributed by atoms with Crippen LogP contribution in [0.1, 0.15) is 70.6 Å². The highest BCUT2D eigenvalue weighted by molar-refractivity contribution is 5.10. The van der Waals surface area contributed by atoms with E-state index in [9.17, 15) is 0 Å². The molecule has 1 nitrogen and oxygen atoms in total. The fraction of sp³-hybridized carbons (Fsp3) is 0.900. The first kappa shape index (κ1) is 13.2. The number of ether oxygens (including phenoxy) is 1. The topological polar surface area (TPSA) is 9.23 Å². The molecule has 4 aliphatic carbocycles. The largest absolute Gasteiger partial charge is 0.374 e. The second-order valence-corrected chi connectivity index (χ2v) is 8.73. The van der Waals surface area contributed by atoms with Gasteiger partial charge >= 0.3 is 0 Å². The van der Waals surface area contributed by atoms with Gasteiger partial charge in [0, 0.05) is 0 Å². The Morgan fingerprint density at radius 2 is 1.86 bits per heavy atom. The molecule has 1 aliphatic heterocycles. The van der Waals surface area contributed by atoms with Crippen molar-refractivity contribution in [1.29, 1.82) is 0 Å². The van der Waals surface area contributed by atoms with Gasteiger partial charge in [-0.2, -0.15) is 0 Å². The second kappa shape index (κ2) is 4.85. The van der Waals surface area contributed by atoms with E-state index in [0.717, 1.165) is 23.7 Å². The minimum atomic E-state index is 0.616. The number of hydrogen-bond acceptors (Lipinski definition) is 1. The van der Waals surface area contributed by atoms with Crippen LogP contribution in [0.25, 0.3) is 0 Å². The number of allylic oxidation sites excluding steroid dienone is 2. The molecule has 0 N–H and O–H groups in total. The van der Waals surface area contributed by atoms with Crippen LogP contribution in [-0.4, -0.2) is 12.2 Å². The van der Waals surface area contributed by atoms with Crippen LogP contribution in [-0.2, 0) is 4.74 Å². The average Bonchev–Trinajstić information content (AvgIpc) is 2.54. The van der Waals surface area contributed by atoms with E-state index in [2.05, 4.69) is 12.2 Å². The minimum absolute atomic E-state index is 0.616. The van der Waals surface area contributed by atoms with E-state index in [1.54, 1.807) is 0 Å². The fourth-order valence-electron chi connectivity index (χ4n) is 7.22. The molecule has 5 rings (SSSR count).